The van der Waals surface area contributed by atoms with E-state index in [0.29, 0.717) is 11.8 Å². The minimum atomic E-state index is 0.614. The average molecular weight is 263 g/mol. The van der Waals surface area contributed by atoms with Gasteiger partial charge in [0.15, 0.2) is 0 Å². The summed E-state index contributed by atoms with van der Waals surface area (Å²) < 4.78 is 0. The van der Waals surface area contributed by atoms with Crippen LogP contribution in [-0.4, -0.2) is 14.1 Å². The standard InChI is InChI=1S/C19H21N/c1-14(15-7-5-4-6-8-15)18-13-19(18)16-9-11-17(12-10-16)20(2)3/h4-12,18-19H,1,13H2,2-3H3/t18-,19-/m1/s1. The van der Waals surface area contributed by atoms with Crippen molar-refractivity contribution in [3.63, 3.8) is 0 Å². The van der Waals surface area contributed by atoms with E-state index in [1.54, 1.807) is 0 Å². The smallest absolute Gasteiger partial charge is 0.0361 e. The van der Waals surface area contributed by atoms with Crippen molar-refractivity contribution in [1.29, 1.82) is 0 Å². The van der Waals surface area contributed by atoms with Crippen LogP contribution in [0.2, 0.25) is 0 Å². The quantitative estimate of drug-likeness (QED) is 0.781. The monoisotopic (exact) mass is 263 g/mol. The van der Waals surface area contributed by atoms with Gasteiger partial charge in [0.1, 0.15) is 0 Å². The van der Waals surface area contributed by atoms with Crippen LogP contribution in [-0.2, 0) is 0 Å². The second kappa shape index (κ2) is 5.16. The first-order valence-corrected chi connectivity index (χ1v) is 7.18. The molecule has 0 N–H and O–H groups in total. The molecule has 1 fully saturated rings. The summed E-state index contributed by atoms with van der Waals surface area (Å²) in [6.07, 6.45) is 1.23. The molecule has 1 saturated carbocycles. The van der Waals surface area contributed by atoms with Crippen LogP contribution in [0.5, 0.6) is 0 Å². The van der Waals surface area contributed by atoms with Crippen molar-refractivity contribution in [1.82, 2.24) is 0 Å². The lowest BCUT2D eigenvalue weighted by Gasteiger charge is -2.12. The molecule has 102 valence electrons. The van der Waals surface area contributed by atoms with Crippen molar-refractivity contribution in [3.05, 3.63) is 72.3 Å². The van der Waals surface area contributed by atoms with E-state index in [4.69, 9.17) is 0 Å². The molecule has 0 unspecified atom stereocenters. The Morgan fingerprint density at radius 3 is 2.25 bits per heavy atom. The van der Waals surface area contributed by atoms with Gasteiger partial charge in [-0.3, -0.25) is 0 Å². The van der Waals surface area contributed by atoms with Crippen molar-refractivity contribution in [3.8, 4) is 0 Å². The van der Waals surface area contributed by atoms with Gasteiger partial charge in [-0.25, -0.2) is 0 Å². The predicted octanol–water partition coefficient (Wildman–Crippen LogP) is 4.57. The lowest BCUT2D eigenvalue weighted by Crippen LogP contribution is -2.08. The highest BCUT2D eigenvalue weighted by Gasteiger charge is 2.40. The summed E-state index contributed by atoms with van der Waals surface area (Å²) >= 11 is 0. The van der Waals surface area contributed by atoms with Gasteiger partial charge in [-0.1, -0.05) is 49.0 Å². The summed E-state index contributed by atoms with van der Waals surface area (Å²) in [5, 5.41) is 0. The van der Waals surface area contributed by atoms with Gasteiger partial charge in [0, 0.05) is 19.8 Å². The van der Waals surface area contributed by atoms with Crippen LogP contribution in [0.3, 0.4) is 0 Å². The number of hydrogen-bond donors (Lipinski definition) is 0. The molecule has 0 aliphatic heterocycles. The molecule has 0 saturated heterocycles. The molecule has 20 heavy (non-hydrogen) atoms. The third kappa shape index (κ3) is 2.49. The van der Waals surface area contributed by atoms with Crippen LogP contribution in [0.15, 0.2) is 61.2 Å². The first kappa shape index (κ1) is 13.0. The molecule has 0 amide bonds. The highest BCUT2D eigenvalue weighted by molar-refractivity contribution is 5.69. The maximum absolute atomic E-state index is 4.30. The molecule has 1 nitrogen and oxygen atoms in total. The zero-order valence-corrected chi connectivity index (χ0v) is 12.2. The molecule has 0 spiro atoms. The SMILES string of the molecule is C=C(c1ccccc1)[C@H]1C[C@@H]1c1ccc(N(C)C)cc1. The largest absolute Gasteiger partial charge is 0.378 e. The molecular weight excluding hydrogens is 242 g/mol. The van der Waals surface area contributed by atoms with Crippen LogP contribution in [0.4, 0.5) is 5.69 Å². The lowest BCUT2D eigenvalue weighted by molar-refractivity contribution is 1.03. The second-order valence-electron chi connectivity index (χ2n) is 5.83. The molecule has 0 radical (unpaired) electrons. The molecule has 0 heterocycles. The Kier molecular flexibility index (Phi) is 3.35. The highest BCUT2D eigenvalue weighted by Crippen LogP contribution is 2.54. The van der Waals surface area contributed by atoms with Crippen LogP contribution < -0.4 is 4.90 Å². The molecule has 1 aliphatic carbocycles. The lowest BCUT2D eigenvalue weighted by atomic mass is 9.99. The molecule has 0 bridgehead atoms. The van der Waals surface area contributed by atoms with Gasteiger partial charge in [-0.2, -0.15) is 0 Å². The summed E-state index contributed by atoms with van der Waals surface area (Å²) in [6, 6.07) is 19.5. The molecule has 2 aromatic rings. The van der Waals surface area contributed by atoms with E-state index in [-0.39, 0.29) is 0 Å². The van der Waals surface area contributed by atoms with Crippen molar-refractivity contribution < 1.29 is 0 Å². The van der Waals surface area contributed by atoms with E-state index in [2.05, 4.69) is 80.2 Å². The Balaban J connectivity index is 1.71. The van der Waals surface area contributed by atoms with E-state index in [1.807, 2.05) is 0 Å². The van der Waals surface area contributed by atoms with Gasteiger partial charge in [0.25, 0.3) is 0 Å². The third-order valence-corrected chi connectivity index (χ3v) is 4.22. The number of hydrogen-bond acceptors (Lipinski definition) is 1. The third-order valence-electron chi connectivity index (χ3n) is 4.22. The Hall–Kier alpha value is -2.02. The van der Waals surface area contributed by atoms with E-state index < -0.39 is 0 Å². The van der Waals surface area contributed by atoms with Gasteiger partial charge in [0.05, 0.1) is 0 Å². The zero-order valence-electron chi connectivity index (χ0n) is 12.2. The van der Waals surface area contributed by atoms with Crippen molar-refractivity contribution >= 4 is 11.3 Å². The van der Waals surface area contributed by atoms with Crippen molar-refractivity contribution in [2.45, 2.75) is 12.3 Å². The molecule has 1 heteroatoms. The molecule has 2 aromatic carbocycles. The maximum Gasteiger partial charge on any atom is 0.0361 e. The number of allylic oxidation sites excluding steroid dienone is 1. The molecule has 0 aromatic heterocycles. The van der Waals surface area contributed by atoms with Gasteiger partial charge in [-0.05, 0) is 47.1 Å². The van der Waals surface area contributed by atoms with Gasteiger partial charge in [-0.15, -0.1) is 0 Å². The summed E-state index contributed by atoms with van der Waals surface area (Å²) in [5.74, 6) is 1.27. The van der Waals surface area contributed by atoms with Crippen LogP contribution in [0, 0.1) is 5.92 Å². The second-order valence-corrected chi connectivity index (χ2v) is 5.83. The first-order chi connectivity index (χ1) is 9.66. The van der Waals surface area contributed by atoms with E-state index in [1.165, 1.54) is 28.8 Å². The molecular formula is C19H21N. The van der Waals surface area contributed by atoms with Crippen LogP contribution in [0.25, 0.3) is 5.57 Å². The molecule has 1 aliphatic rings. The average Bonchev–Trinajstić information content (AvgIpc) is 3.28. The van der Waals surface area contributed by atoms with E-state index >= 15 is 0 Å². The summed E-state index contributed by atoms with van der Waals surface area (Å²) in [6.45, 7) is 4.30. The summed E-state index contributed by atoms with van der Waals surface area (Å²) in [4.78, 5) is 2.14. The number of benzene rings is 2. The normalized spacial score (nSPS) is 20.5. The fourth-order valence-corrected chi connectivity index (χ4v) is 2.83. The number of nitrogens with zero attached hydrogens (tertiary/aromatic N) is 1. The highest BCUT2D eigenvalue weighted by atomic mass is 15.1. The Morgan fingerprint density at radius 1 is 1.00 bits per heavy atom. The topological polar surface area (TPSA) is 3.24 Å². The Morgan fingerprint density at radius 2 is 1.65 bits per heavy atom. The van der Waals surface area contributed by atoms with Crippen LogP contribution >= 0.6 is 0 Å². The first-order valence-electron chi connectivity index (χ1n) is 7.18. The number of rotatable bonds is 4. The van der Waals surface area contributed by atoms with Gasteiger partial charge in [0.2, 0.25) is 0 Å². The van der Waals surface area contributed by atoms with Crippen molar-refractivity contribution in [2.24, 2.45) is 5.92 Å². The van der Waals surface area contributed by atoms with Gasteiger partial charge >= 0.3 is 0 Å². The number of anilines is 1. The minimum Gasteiger partial charge on any atom is -0.378 e. The Labute approximate surface area is 121 Å². The van der Waals surface area contributed by atoms with Crippen LogP contribution in [0.1, 0.15) is 23.5 Å². The summed E-state index contributed by atoms with van der Waals surface area (Å²) in [7, 11) is 4.15. The molecule has 3 rings (SSSR count). The van der Waals surface area contributed by atoms with E-state index in [9.17, 15) is 0 Å². The fourth-order valence-electron chi connectivity index (χ4n) is 2.83. The fraction of sp³-hybridized carbons (Fsp3) is 0.263. The van der Waals surface area contributed by atoms with E-state index in [0.717, 1.165) is 0 Å². The summed E-state index contributed by atoms with van der Waals surface area (Å²) in [5.41, 5.74) is 5.27. The maximum atomic E-state index is 4.30. The van der Waals surface area contributed by atoms with Gasteiger partial charge < -0.3 is 4.90 Å². The Bertz CT molecular complexity index is 595. The zero-order chi connectivity index (χ0) is 14.1. The van der Waals surface area contributed by atoms with Crippen molar-refractivity contribution in [2.75, 3.05) is 19.0 Å². The molecule has 2 atom stereocenters. The minimum absolute atomic E-state index is 0.614. The predicted molar refractivity (Wildman–Crippen MR) is 87.1 cm³/mol.